The highest BCUT2D eigenvalue weighted by Crippen LogP contribution is 2.34. The molecular weight excluding hydrogens is 384 g/mol. The van der Waals surface area contributed by atoms with E-state index in [0.29, 0.717) is 26.1 Å². The SMILES string of the molecule is C=CCN(CC(=O)N1CCc2sccc2C1COc1ccccc1C)C(=O)CC. The number of hydrogen-bond acceptors (Lipinski definition) is 4. The van der Waals surface area contributed by atoms with Gasteiger partial charge in [0.2, 0.25) is 11.8 Å². The molecule has 29 heavy (non-hydrogen) atoms. The zero-order chi connectivity index (χ0) is 20.8. The zero-order valence-corrected chi connectivity index (χ0v) is 17.9. The minimum atomic E-state index is -0.153. The van der Waals surface area contributed by atoms with Gasteiger partial charge in [0.1, 0.15) is 18.9 Å². The molecule has 0 saturated carbocycles. The summed E-state index contributed by atoms with van der Waals surface area (Å²) < 4.78 is 6.12. The number of ether oxygens (including phenoxy) is 1. The van der Waals surface area contributed by atoms with Crippen molar-refractivity contribution in [2.24, 2.45) is 0 Å². The summed E-state index contributed by atoms with van der Waals surface area (Å²) in [6.45, 7) is 9.00. The van der Waals surface area contributed by atoms with Crippen LogP contribution in [0.15, 0.2) is 48.4 Å². The number of aryl methyl sites for hydroxylation is 1. The summed E-state index contributed by atoms with van der Waals surface area (Å²) in [5.41, 5.74) is 2.22. The molecule has 1 aromatic carbocycles. The highest BCUT2D eigenvalue weighted by molar-refractivity contribution is 7.10. The van der Waals surface area contributed by atoms with Crippen molar-refractivity contribution in [1.29, 1.82) is 0 Å². The summed E-state index contributed by atoms with van der Waals surface area (Å²) in [4.78, 5) is 30.1. The fourth-order valence-corrected chi connectivity index (χ4v) is 4.58. The topological polar surface area (TPSA) is 49.9 Å². The van der Waals surface area contributed by atoms with E-state index in [1.165, 1.54) is 4.88 Å². The van der Waals surface area contributed by atoms with Crippen LogP contribution in [0.4, 0.5) is 0 Å². The van der Waals surface area contributed by atoms with Gasteiger partial charge in [-0.15, -0.1) is 17.9 Å². The Morgan fingerprint density at radius 2 is 2.14 bits per heavy atom. The van der Waals surface area contributed by atoms with Crippen LogP contribution in [0, 0.1) is 6.92 Å². The molecular formula is C23H28N2O3S. The summed E-state index contributed by atoms with van der Waals surface area (Å²) in [5.74, 6) is 0.736. The third kappa shape index (κ3) is 4.88. The quantitative estimate of drug-likeness (QED) is 0.616. The van der Waals surface area contributed by atoms with Gasteiger partial charge in [-0.3, -0.25) is 9.59 Å². The number of rotatable bonds is 8. The Hall–Kier alpha value is -2.60. The van der Waals surface area contributed by atoms with Crippen molar-refractivity contribution in [2.75, 3.05) is 26.2 Å². The molecule has 2 amide bonds. The predicted molar refractivity (Wildman–Crippen MR) is 116 cm³/mol. The average Bonchev–Trinajstić information content (AvgIpc) is 3.21. The van der Waals surface area contributed by atoms with Crippen molar-refractivity contribution in [2.45, 2.75) is 32.7 Å². The number of amides is 2. The van der Waals surface area contributed by atoms with E-state index in [0.717, 1.165) is 23.3 Å². The maximum atomic E-state index is 13.2. The molecule has 0 aliphatic carbocycles. The Labute approximate surface area is 176 Å². The average molecular weight is 413 g/mol. The fourth-order valence-electron chi connectivity index (χ4n) is 3.65. The first kappa shape index (κ1) is 21.1. The van der Waals surface area contributed by atoms with E-state index in [-0.39, 0.29) is 24.4 Å². The van der Waals surface area contributed by atoms with E-state index in [1.807, 2.05) is 36.1 Å². The van der Waals surface area contributed by atoms with Gasteiger partial charge in [0.15, 0.2) is 0 Å². The molecule has 2 heterocycles. The minimum absolute atomic E-state index is 0.0424. The van der Waals surface area contributed by atoms with Crippen molar-refractivity contribution < 1.29 is 14.3 Å². The molecule has 5 nitrogen and oxygen atoms in total. The molecule has 0 spiro atoms. The van der Waals surface area contributed by atoms with Gasteiger partial charge in [0.25, 0.3) is 0 Å². The van der Waals surface area contributed by atoms with Gasteiger partial charge in [-0.25, -0.2) is 0 Å². The molecule has 0 radical (unpaired) electrons. The Bertz CT molecular complexity index is 877. The number of hydrogen-bond donors (Lipinski definition) is 0. The van der Waals surface area contributed by atoms with Crippen molar-refractivity contribution in [3.8, 4) is 5.75 Å². The van der Waals surface area contributed by atoms with Gasteiger partial charge in [-0.1, -0.05) is 31.2 Å². The maximum absolute atomic E-state index is 13.2. The largest absolute Gasteiger partial charge is 0.491 e. The maximum Gasteiger partial charge on any atom is 0.242 e. The van der Waals surface area contributed by atoms with E-state index in [2.05, 4.69) is 18.0 Å². The minimum Gasteiger partial charge on any atom is -0.491 e. The zero-order valence-electron chi connectivity index (χ0n) is 17.1. The van der Waals surface area contributed by atoms with Crippen LogP contribution in [0.3, 0.4) is 0 Å². The van der Waals surface area contributed by atoms with Crippen LogP contribution >= 0.6 is 11.3 Å². The van der Waals surface area contributed by atoms with Crippen molar-refractivity contribution in [1.82, 2.24) is 9.80 Å². The van der Waals surface area contributed by atoms with Gasteiger partial charge < -0.3 is 14.5 Å². The van der Waals surface area contributed by atoms with Crippen molar-refractivity contribution in [3.63, 3.8) is 0 Å². The molecule has 1 atom stereocenters. The molecule has 1 aromatic heterocycles. The van der Waals surface area contributed by atoms with E-state index >= 15 is 0 Å². The van der Waals surface area contributed by atoms with Crippen LogP contribution in [-0.2, 0) is 16.0 Å². The summed E-state index contributed by atoms with van der Waals surface area (Å²) in [5, 5.41) is 2.07. The Balaban J connectivity index is 1.78. The first-order valence-corrected chi connectivity index (χ1v) is 10.9. The van der Waals surface area contributed by atoms with Crippen LogP contribution < -0.4 is 4.74 Å². The lowest BCUT2D eigenvalue weighted by atomic mass is 10.0. The molecule has 1 aliphatic rings. The number of carbonyl (C=O) groups excluding carboxylic acids is 2. The number of carbonyl (C=O) groups is 2. The van der Waals surface area contributed by atoms with E-state index in [4.69, 9.17) is 4.74 Å². The predicted octanol–water partition coefficient (Wildman–Crippen LogP) is 3.99. The van der Waals surface area contributed by atoms with Crippen LogP contribution in [0.25, 0.3) is 0 Å². The van der Waals surface area contributed by atoms with Gasteiger partial charge >= 0.3 is 0 Å². The van der Waals surface area contributed by atoms with Gasteiger partial charge in [0, 0.05) is 24.4 Å². The molecule has 6 heteroatoms. The Morgan fingerprint density at radius 1 is 1.34 bits per heavy atom. The third-order valence-electron chi connectivity index (χ3n) is 5.24. The molecule has 0 saturated heterocycles. The van der Waals surface area contributed by atoms with E-state index in [9.17, 15) is 9.59 Å². The second-order valence-electron chi connectivity index (χ2n) is 7.15. The van der Waals surface area contributed by atoms with Gasteiger partial charge in [-0.2, -0.15) is 0 Å². The fraction of sp³-hybridized carbons (Fsp3) is 0.391. The van der Waals surface area contributed by atoms with Crippen molar-refractivity contribution >= 4 is 23.2 Å². The second-order valence-corrected chi connectivity index (χ2v) is 8.15. The molecule has 2 aromatic rings. The highest BCUT2D eigenvalue weighted by atomic mass is 32.1. The number of thiophene rings is 1. The normalized spacial score (nSPS) is 15.5. The summed E-state index contributed by atoms with van der Waals surface area (Å²) in [6, 6.07) is 9.83. The standard InChI is InChI=1S/C23H28N2O3S/c1-4-12-24(22(26)5-2)15-23(27)25-13-10-21-18(11-14-29-21)19(25)16-28-20-9-7-6-8-17(20)3/h4,6-9,11,14,19H,1,5,10,12-13,15-16H2,2-3H3. The van der Waals surface area contributed by atoms with Crippen LogP contribution in [0.1, 0.15) is 35.4 Å². The molecule has 0 bridgehead atoms. The smallest absolute Gasteiger partial charge is 0.242 e. The molecule has 1 unspecified atom stereocenters. The summed E-state index contributed by atoms with van der Waals surface area (Å²) >= 11 is 1.73. The van der Waals surface area contributed by atoms with E-state index in [1.54, 1.807) is 29.2 Å². The lowest BCUT2D eigenvalue weighted by Crippen LogP contribution is -2.47. The molecule has 1 aliphatic heterocycles. The van der Waals surface area contributed by atoms with Gasteiger partial charge in [0.05, 0.1) is 6.04 Å². The first-order valence-electron chi connectivity index (χ1n) is 9.98. The molecule has 3 rings (SSSR count). The van der Waals surface area contributed by atoms with E-state index < -0.39 is 0 Å². The lowest BCUT2D eigenvalue weighted by Gasteiger charge is -2.37. The monoisotopic (exact) mass is 412 g/mol. The molecule has 154 valence electrons. The van der Waals surface area contributed by atoms with Crippen LogP contribution in [-0.4, -0.2) is 47.9 Å². The Morgan fingerprint density at radius 3 is 2.86 bits per heavy atom. The van der Waals surface area contributed by atoms with Crippen molar-refractivity contribution in [3.05, 3.63) is 64.4 Å². The molecule has 0 fully saturated rings. The number of fused-ring (bicyclic) bond motifs is 1. The number of nitrogens with zero attached hydrogens (tertiary/aromatic N) is 2. The number of benzene rings is 1. The number of para-hydroxylation sites is 1. The second kappa shape index (κ2) is 9.74. The van der Waals surface area contributed by atoms with Crippen LogP contribution in [0.5, 0.6) is 5.75 Å². The van der Waals surface area contributed by atoms with Gasteiger partial charge in [-0.05, 0) is 42.0 Å². The lowest BCUT2D eigenvalue weighted by molar-refractivity contribution is -0.142. The highest BCUT2D eigenvalue weighted by Gasteiger charge is 2.33. The Kier molecular flexibility index (Phi) is 7.09. The van der Waals surface area contributed by atoms with Crippen LogP contribution in [0.2, 0.25) is 0 Å². The molecule has 0 N–H and O–H groups in total. The summed E-state index contributed by atoms with van der Waals surface area (Å²) in [6.07, 6.45) is 2.87. The third-order valence-corrected chi connectivity index (χ3v) is 6.23. The first-order chi connectivity index (χ1) is 14.0. The summed E-state index contributed by atoms with van der Waals surface area (Å²) in [7, 11) is 0.